The van der Waals surface area contributed by atoms with Crippen molar-refractivity contribution in [1.82, 2.24) is 9.88 Å². The number of hydrogen-bond acceptors (Lipinski definition) is 3. The molecule has 1 aliphatic rings. The van der Waals surface area contributed by atoms with Crippen molar-refractivity contribution in [3.63, 3.8) is 0 Å². The van der Waals surface area contributed by atoms with Crippen LogP contribution in [-0.4, -0.2) is 28.4 Å². The first-order valence-corrected chi connectivity index (χ1v) is 8.89. The van der Waals surface area contributed by atoms with Gasteiger partial charge in [0.1, 0.15) is 0 Å². The molecule has 3 nitrogen and oxygen atoms in total. The number of hydrogen-bond donors (Lipinski definition) is 0. The Morgan fingerprint density at radius 3 is 3.09 bits per heavy atom. The molecule has 0 saturated carbocycles. The molecule has 2 aromatic rings. The molecule has 1 atom stereocenters. The summed E-state index contributed by atoms with van der Waals surface area (Å²) in [6, 6.07) is 6.68. The van der Waals surface area contributed by atoms with E-state index in [1.54, 1.807) is 11.3 Å². The molecular weight excluding hydrogens is 292 g/mol. The molecule has 1 amide bonds. The van der Waals surface area contributed by atoms with Crippen molar-refractivity contribution in [2.45, 2.75) is 45.1 Å². The van der Waals surface area contributed by atoms with Crippen molar-refractivity contribution < 1.29 is 4.79 Å². The van der Waals surface area contributed by atoms with Gasteiger partial charge in [-0.05, 0) is 72.7 Å². The molecule has 0 aliphatic carbocycles. The highest BCUT2D eigenvalue weighted by Crippen LogP contribution is 2.23. The Morgan fingerprint density at radius 1 is 1.41 bits per heavy atom. The van der Waals surface area contributed by atoms with Crippen LogP contribution in [0.1, 0.15) is 36.1 Å². The number of carbonyl (C=O) groups excluding carboxylic acids is 1. The number of aryl methyl sites for hydroxylation is 2. The van der Waals surface area contributed by atoms with Crippen molar-refractivity contribution in [1.29, 1.82) is 0 Å². The predicted molar refractivity (Wildman–Crippen MR) is 90.1 cm³/mol. The second-order valence-corrected chi connectivity index (χ2v) is 6.82. The lowest BCUT2D eigenvalue weighted by Gasteiger charge is -2.25. The summed E-state index contributed by atoms with van der Waals surface area (Å²) in [6.45, 7) is 2.94. The second-order valence-electron chi connectivity index (χ2n) is 6.04. The Balaban J connectivity index is 1.57. The number of rotatable bonds is 5. The van der Waals surface area contributed by atoms with E-state index in [0.29, 0.717) is 12.5 Å². The molecule has 3 heterocycles. The molecule has 1 aliphatic heterocycles. The fourth-order valence-corrected chi connectivity index (χ4v) is 3.90. The van der Waals surface area contributed by atoms with E-state index < -0.39 is 0 Å². The molecule has 0 bridgehead atoms. The smallest absolute Gasteiger partial charge is 0.227 e. The monoisotopic (exact) mass is 314 g/mol. The van der Waals surface area contributed by atoms with Gasteiger partial charge in [-0.25, -0.2) is 0 Å². The Kier molecular flexibility index (Phi) is 4.88. The van der Waals surface area contributed by atoms with Gasteiger partial charge >= 0.3 is 0 Å². The minimum atomic E-state index is 0.284. The van der Waals surface area contributed by atoms with Crippen LogP contribution in [0.25, 0.3) is 0 Å². The van der Waals surface area contributed by atoms with Crippen LogP contribution in [0.4, 0.5) is 0 Å². The summed E-state index contributed by atoms with van der Waals surface area (Å²) in [5.41, 5.74) is 3.53. The van der Waals surface area contributed by atoms with Gasteiger partial charge in [-0.15, -0.1) is 0 Å². The molecule has 0 aromatic carbocycles. The van der Waals surface area contributed by atoms with Crippen LogP contribution in [-0.2, 0) is 17.6 Å². The van der Waals surface area contributed by atoms with Gasteiger partial charge in [0.05, 0.1) is 6.42 Å². The standard InChI is InChI=1S/C18H22N2OS/c1-14-11-15(6-8-19-14)4-5-17-3-2-9-20(17)18(21)12-16-7-10-22-13-16/h6-8,10-11,13,17H,2-5,9,12H2,1H3. The fourth-order valence-electron chi connectivity index (χ4n) is 3.23. The lowest BCUT2D eigenvalue weighted by atomic mass is 10.0. The fraction of sp³-hybridized carbons (Fsp3) is 0.444. The maximum atomic E-state index is 12.5. The van der Waals surface area contributed by atoms with Crippen LogP contribution in [0.15, 0.2) is 35.2 Å². The number of thiophene rings is 1. The first-order valence-electron chi connectivity index (χ1n) is 7.94. The second kappa shape index (κ2) is 7.05. The number of amides is 1. The summed E-state index contributed by atoms with van der Waals surface area (Å²) in [6.07, 6.45) is 6.77. The van der Waals surface area contributed by atoms with Gasteiger partial charge in [0.2, 0.25) is 5.91 Å². The number of nitrogens with zero attached hydrogens (tertiary/aromatic N) is 2. The lowest BCUT2D eigenvalue weighted by molar-refractivity contribution is -0.131. The Bertz CT molecular complexity index is 624. The van der Waals surface area contributed by atoms with E-state index in [-0.39, 0.29) is 5.91 Å². The van der Waals surface area contributed by atoms with Gasteiger partial charge in [0.15, 0.2) is 0 Å². The predicted octanol–water partition coefficient (Wildman–Crippen LogP) is 3.62. The first kappa shape index (κ1) is 15.2. The number of likely N-dealkylation sites (tertiary alicyclic amines) is 1. The molecule has 2 aromatic heterocycles. The molecule has 0 N–H and O–H groups in total. The van der Waals surface area contributed by atoms with E-state index in [1.807, 2.05) is 24.6 Å². The van der Waals surface area contributed by atoms with Crippen LogP contribution in [0, 0.1) is 6.92 Å². The highest BCUT2D eigenvalue weighted by atomic mass is 32.1. The molecule has 3 rings (SSSR count). The van der Waals surface area contributed by atoms with Crippen LogP contribution in [0.2, 0.25) is 0 Å². The van der Waals surface area contributed by atoms with Gasteiger partial charge in [-0.1, -0.05) is 0 Å². The third-order valence-corrected chi connectivity index (χ3v) is 5.09. The van der Waals surface area contributed by atoms with E-state index in [0.717, 1.165) is 43.5 Å². The Morgan fingerprint density at radius 2 is 2.32 bits per heavy atom. The van der Waals surface area contributed by atoms with E-state index in [1.165, 1.54) is 5.56 Å². The molecule has 1 fully saturated rings. The highest BCUT2D eigenvalue weighted by molar-refractivity contribution is 7.07. The number of pyridine rings is 1. The van der Waals surface area contributed by atoms with Gasteiger partial charge in [-0.2, -0.15) is 11.3 Å². The molecular formula is C18H22N2OS. The summed E-state index contributed by atoms with van der Waals surface area (Å²) in [7, 11) is 0. The lowest BCUT2D eigenvalue weighted by Crippen LogP contribution is -2.36. The summed E-state index contributed by atoms with van der Waals surface area (Å²) in [4.78, 5) is 18.9. The zero-order valence-electron chi connectivity index (χ0n) is 13.0. The Hall–Kier alpha value is -1.68. The summed E-state index contributed by atoms with van der Waals surface area (Å²) in [5.74, 6) is 0.284. The van der Waals surface area contributed by atoms with E-state index in [2.05, 4.69) is 27.4 Å². The molecule has 0 radical (unpaired) electrons. The SMILES string of the molecule is Cc1cc(CCC2CCCN2C(=O)Cc2ccsc2)ccn1. The van der Waals surface area contributed by atoms with Crippen LogP contribution in [0.3, 0.4) is 0 Å². The average molecular weight is 314 g/mol. The highest BCUT2D eigenvalue weighted by Gasteiger charge is 2.28. The third-order valence-electron chi connectivity index (χ3n) is 4.36. The van der Waals surface area contributed by atoms with Crippen molar-refractivity contribution in [2.24, 2.45) is 0 Å². The van der Waals surface area contributed by atoms with E-state index in [4.69, 9.17) is 0 Å². The van der Waals surface area contributed by atoms with Crippen molar-refractivity contribution in [2.75, 3.05) is 6.54 Å². The maximum absolute atomic E-state index is 12.5. The molecule has 116 valence electrons. The minimum Gasteiger partial charge on any atom is -0.339 e. The maximum Gasteiger partial charge on any atom is 0.227 e. The van der Waals surface area contributed by atoms with E-state index >= 15 is 0 Å². The minimum absolute atomic E-state index is 0.284. The van der Waals surface area contributed by atoms with Crippen LogP contribution < -0.4 is 0 Å². The summed E-state index contributed by atoms with van der Waals surface area (Å²) >= 11 is 1.66. The Labute approximate surface area is 136 Å². The normalized spacial score (nSPS) is 17.9. The largest absolute Gasteiger partial charge is 0.339 e. The molecule has 1 saturated heterocycles. The zero-order valence-corrected chi connectivity index (χ0v) is 13.8. The number of aromatic nitrogens is 1. The zero-order chi connectivity index (χ0) is 15.4. The van der Waals surface area contributed by atoms with Crippen molar-refractivity contribution >= 4 is 17.2 Å². The molecule has 1 unspecified atom stereocenters. The van der Waals surface area contributed by atoms with Gasteiger partial charge in [0.25, 0.3) is 0 Å². The molecule has 0 spiro atoms. The molecule has 22 heavy (non-hydrogen) atoms. The summed E-state index contributed by atoms with van der Waals surface area (Å²) < 4.78 is 0. The van der Waals surface area contributed by atoms with Gasteiger partial charge in [-0.3, -0.25) is 9.78 Å². The van der Waals surface area contributed by atoms with Crippen molar-refractivity contribution in [3.8, 4) is 0 Å². The first-order chi connectivity index (χ1) is 10.7. The van der Waals surface area contributed by atoms with Crippen LogP contribution >= 0.6 is 11.3 Å². The summed E-state index contributed by atoms with van der Waals surface area (Å²) in [5, 5.41) is 4.11. The quantitative estimate of drug-likeness (QED) is 0.844. The van der Waals surface area contributed by atoms with E-state index in [9.17, 15) is 4.79 Å². The van der Waals surface area contributed by atoms with Gasteiger partial charge < -0.3 is 4.90 Å². The van der Waals surface area contributed by atoms with Gasteiger partial charge in [0, 0.05) is 24.5 Å². The number of carbonyl (C=O) groups is 1. The molecule has 4 heteroatoms. The topological polar surface area (TPSA) is 33.2 Å². The average Bonchev–Trinajstić information content (AvgIpc) is 3.16. The van der Waals surface area contributed by atoms with Crippen molar-refractivity contribution in [3.05, 3.63) is 52.0 Å². The third kappa shape index (κ3) is 3.74. The van der Waals surface area contributed by atoms with Crippen LogP contribution in [0.5, 0.6) is 0 Å².